The van der Waals surface area contributed by atoms with Crippen molar-refractivity contribution in [1.29, 1.82) is 0 Å². The molecular weight excluding hydrogens is 268 g/mol. The summed E-state index contributed by atoms with van der Waals surface area (Å²) >= 11 is 0. The number of carbonyl (C=O) groups excluding carboxylic acids is 1. The standard InChI is InChI=1S/C16H24N2O3/c1-11-6-4-5-7-13(11)18-16(19)17-12-8-9-14(20-2)15(10-12)21-3/h8-11,13H,4-7H2,1-3H3,(H2,17,18,19)/t11-,13-/m0/s1. The first-order valence-electron chi connectivity index (χ1n) is 7.43. The number of amides is 2. The monoisotopic (exact) mass is 292 g/mol. The maximum Gasteiger partial charge on any atom is 0.319 e. The van der Waals surface area contributed by atoms with Crippen LogP contribution < -0.4 is 20.1 Å². The Morgan fingerprint density at radius 2 is 1.86 bits per heavy atom. The summed E-state index contributed by atoms with van der Waals surface area (Å²) in [7, 11) is 3.16. The fourth-order valence-corrected chi connectivity index (χ4v) is 2.78. The number of urea groups is 1. The fourth-order valence-electron chi connectivity index (χ4n) is 2.78. The van der Waals surface area contributed by atoms with Gasteiger partial charge in [0, 0.05) is 17.8 Å². The van der Waals surface area contributed by atoms with Crippen LogP contribution in [0, 0.1) is 5.92 Å². The average molecular weight is 292 g/mol. The number of methoxy groups -OCH3 is 2. The molecule has 2 atom stereocenters. The predicted molar refractivity (Wildman–Crippen MR) is 83.1 cm³/mol. The lowest BCUT2D eigenvalue weighted by atomic mass is 9.86. The van der Waals surface area contributed by atoms with Crippen molar-refractivity contribution in [2.24, 2.45) is 5.92 Å². The second kappa shape index (κ2) is 7.20. The predicted octanol–water partition coefficient (Wildman–Crippen LogP) is 3.40. The molecule has 2 N–H and O–H groups in total. The van der Waals surface area contributed by atoms with Crippen molar-refractivity contribution in [3.05, 3.63) is 18.2 Å². The largest absolute Gasteiger partial charge is 0.493 e. The zero-order valence-electron chi connectivity index (χ0n) is 12.9. The first-order chi connectivity index (χ1) is 10.1. The number of nitrogens with one attached hydrogen (secondary N) is 2. The van der Waals surface area contributed by atoms with Gasteiger partial charge in [-0.1, -0.05) is 19.8 Å². The minimum Gasteiger partial charge on any atom is -0.493 e. The van der Waals surface area contributed by atoms with Gasteiger partial charge < -0.3 is 20.1 Å². The van der Waals surface area contributed by atoms with Gasteiger partial charge in [-0.05, 0) is 30.9 Å². The van der Waals surface area contributed by atoms with Gasteiger partial charge in [-0.25, -0.2) is 4.79 Å². The first-order valence-corrected chi connectivity index (χ1v) is 7.43. The number of hydrogen-bond acceptors (Lipinski definition) is 3. The van der Waals surface area contributed by atoms with Crippen molar-refractivity contribution in [3.8, 4) is 11.5 Å². The summed E-state index contributed by atoms with van der Waals surface area (Å²) in [5.74, 6) is 1.78. The highest BCUT2D eigenvalue weighted by molar-refractivity contribution is 5.89. The molecule has 0 aromatic heterocycles. The van der Waals surface area contributed by atoms with Crippen LogP contribution in [0.1, 0.15) is 32.6 Å². The number of rotatable bonds is 4. The van der Waals surface area contributed by atoms with E-state index in [1.807, 2.05) is 0 Å². The van der Waals surface area contributed by atoms with E-state index < -0.39 is 0 Å². The third kappa shape index (κ3) is 4.03. The number of hydrogen-bond donors (Lipinski definition) is 2. The van der Waals surface area contributed by atoms with Crippen LogP contribution in [0.3, 0.4) is 0 Å². The Bertz CT molecular complexity index is 490. The van der Waals surface area contributed by atoms with Gasteiger partial charge in [0.1, 0.15) is 0 Å². The molecule has 0 heterocycles. The van der Waals surface area contributed by atoms with Gasteiger partial charge in [0.25, 0.3) is 0 Å². The quantitative estimate of drug-likeness (QED) is 0.894. The Morgan fingerprint density at radius 1 is 1.14 bits per heavy atom. The molecule has 0 radical (unpaired) electrons. The maximum absolute atomic E-state index is 12.1. The van der Waals surface area contributed by atoms with Gasteiger partial charge in [-0.2, -0.15) is 0 Å². The number of benzene rings is 1. The van der Waals surface area contributed by atoms with Gasteiger partial charge in [0.05, 0.1) is 14.2 Å². The van der Waals surface area contributed by atoms with E-state index in [0.717, 1.165) is 6.42 Å². The lowest BCUT2D eigenvalue weighted by Gasteiger charge is -2.29. The van der Waals surface area contributed by atoms with Crippen LogP contribution in [-0.2, 0) is 0 Å². The third-order valence-corrected chi connectivity index (χ3v) is 4.07. The van der Waals surface area contributed by atoms with E-state index >= 15 is 0 Å². The smallest absolute Gasteiger partial charge is 0.319 e. The molecule has 0 bridgehead atoms. The molecule has 1 aliphatic carbocycles. The molecule has 0 saturated heterocycles. The Balaban J connectivity index is 1.96. The van der Waals surface area contributed by atoms with Crippen LogP contribution in [0.15, 0.2) is 18.2 Å². The summed E-state index contributed by atoms with van der Waals surface area (Å²) in [4.78, 5) is 12.1. The van der Waals surface area contributed by atoms with E-state index in [0.29, 0.717) is 23.1 Å². The molecule has 5 nitrogen and oxygen atoms in total. The molecule has 0 spiro atoms. The van der Waals surface area contributed by atoms with Crippen molar-refractivity contribution < 1.29 is 14.3 Å². The molecule has 1 fully saturated rings. The third-order valence-electron chi connectivity index (χ3n) is 4.07. The highest BCUT2D eigenvalue weighted by Gasteiger charge is 2.22. The minimum absolute atomic E-state index is 0.166. The van der Waals surface area contributed by atoms with Crippen molar-refractivity contribution in [2.45, 2.75) is 38.6 Å². The molecule has 21 heavy (non-hydrogen) atoms. The summed E-state index contributed by atoms with van der Waals surface area (Å²) < 4.78 is 10.4. The highest BCUT2D eigenvalue weighted by Crippen LogP contribution is 2.30. The molecule has 116 valence electrons. The summed E-state index contributed by atoms with van der Waals surface area (Å²) in [6, 6.07) is 5.42. The van der Waals surface area contributed by atoms with Gasteiger partial charge in [-0.15, -0.1) is 0 Å². The lowest BCUT2D eigenvalue weighted by molar-refractivity contribution is 0.232. The summed E-state index contributed by atoms with van der Waals surface area (Å²) in [5, 5.41) is 5.91. The van der Waals surface area contributed by atoms with Crippen LogP contribution >= 0.6 is 0 Å². The summed E-state index contributed by atoms with van der Waals surface area (Å²) in [5.41, 5.74) is 0.689. The van der Waals surface area contributed by atoms with Crippen molar-refractivity contribution >= 4 is 11.7 Å². The van der Waals surface area contributed by atoms with Gasteiger partial charge in [-0.3, -0.25) is 0 Å². The lowest BCUT2D eigenvalue weighted by Crippen LogP contribution is -2.43. The molecule has 1 aromatic rings. The zero-order chi connectivity index (χ0) is 15.2. The van der Waals surface area contributed by atoms with E-state index in [4.69, 9.17) is 9.47 Å². The first kappa shape index (κ1) is 15.5. The molecule has 1 aromatic carbocycles. The molecule has 1 saturated carbocycles. The molecule has 2 amide bonds. The fraction of sp³-hybridized carbons (Fsp3) is 0.562. The van der Waals surface area contributed by atoms with Crippen molar-refractivity contribution in [3.63, 3.8) is 0 Å². The van der Waals surface area contributed by atoms with Gasteiger partial charge in [0.15, 0.2) is 11.5 Å². The van der Waals surface area contributed by atoms with E-state index in [9.17, 15) is 4.79 Å². The molecule has 0 unspecified atom stereocenters. The minimum atomic E-state index is -0.166. The number of anilines is 1. The normalized spacial score (nSPS) is 21.5. The zero-order valence-corrected chi connectivity index (χ0v) is 12.9. The second-order valence-corrected chi connectivity index (χ2v) is 5.54. The molecule has 1 aliphatic rings. The summed E-state index contributed by atoms with van der Waals surface area (Å²) in [6.45, 7) is 2.19. The average Bonchev–Trinajstić information content (AvgIpc) is 2.49. The number of carbonyl (C=O) groups is 1. The van der Waals surface area contributed by atoms with E-state index in [2.05, 4.69) is 17.6 Å². The summed E-state index contributed by atoms with van der Waals surface area (Å²) in [6.07, 6.45) is 4.68. The van der Waals surface area contributed by atoms with Crippen LogP contribution in [0.4, 0.5) is 10.5 Å². The maximum atomic E-state index is 12.1. The van der Waals surface area contributed by atoms with E-state index in [1.165, 1.54) is 19.3 Å². The Hall–Kier alpha value is -1.91. The van der Waals surface area contributed by atoms with E-state index in [-0.39, 0.29) is 12.1 Å². The van der Waals surface area contributed by atoms with Crippen LogP contribution in [0.2, 0.25) is 0 Å². The van der Waals surface area contributed by atoms with Crippen LogP contribution in [-0.4, -0.2) is 26.3 Å². The molecule has 2 rings (SSSR count). The van der Waals surface area contributed by atoms with Crippen molar-refractivity contribution in [2.75, 3.05) is 19.5 Å². The second-order valence-electron chi connectivity index (χ2n) is 5.54. The van der Waals surface area contributed by atoms with Gasteiger partial charge >= 0.3 is 6.03 Å². The van der Waals surface area contributed by atoms with Crippen LogP contribution in [0.5, 0.6) is 11.5 Å². The number of ether oxygens (including phenoxy) is 2. The molecular formula is C16H24N2O3. The van der Waals surface area contributed by atoms with E-state index in [1.54, 1.807) is 32.4 Å². The molecule has 0 aliphatic heterocycles. The Labute approximate surface area is 126 Å². The van der Waals surface area contributed by atoms with Crippen LogP contribution in [0.25, 0.3) is 0 Å². The van der Waals surface area contributed by atoms with Crippen molar-refractivity contribution in [1.82, 2.24) is 5.32 Å². The topological polar surface area (TPSA) is 59.6 Å². The molecule has 5 heteroatoms. The highest BCUT2D eigenvalue weighted by atomic mass is 16.5. The van der Waals surface area contributed by atoms with Gasteiger partial charge in [0.2, 0.25) is 0 Å². The Morgan fingerprint density at radius 3 is 2.52 bits per heavy atom. The Kier molecular flexibility index (Phi) is 5.31. The SMILES string of the molecule is COc1ccc(NC(=O)N[C@H]2CCCC[C@@H]2C)cc1OC.